The molecule has 1 aliphatic carbocycles. The van der Waals surface area contributed by atoms with Gasteiger partial charge >= 0.3 is 0 Å². The molecular formula is C8H12O2. The van der Waals surface area contributed by atoms with E-state index in [1.165, 1.54) is 0 Å². The molecule has 1 aliphatic rings. The first-order valence-corrected chi connectivity index (χ1v) is 3.34. The fourth-order valence-corrected chi connectivity index (χ4v) is 0.966. The average Bonchev–Trinajstić information content (AvgIpc) is 1.93. The summed E-state index contributed by atoms with van der Waals surface area (Å²) in [5.41, 5.74) is 1.71. The Labute approximate surface area is 60.5 Å². The second kappa shape index (κ2) is 2.56. The van der Waals surface area contributed by atoms with Gasteiger partial charge in [-0.05, 0) is 25.0 Å². The van der Waals surface area contributed by atoms with Crippen LogP contribution >= 0.6 is 0 Å². The zero-order chi connectivity index (χ0) is 7.72. The second-order valence-corrected chi connectivity index (χ2v) is 2.64. The molecule has 0 amide bonds. The summed E-state index contributed by atoms with van der Waals surface area (Å²) in [4.78, 5) is 0. The van der Waals surface area contributed by atoms with Gasteiger partial charge in [0, 0.05) is 0 Å². The molecule has 2 heteroatoms. The van der Waals surface area contributed by atoms with E-state index in [0.29, 0.717) is 0 Å². The van der Waals surface area contributed by atoms with E-state index in [4.69, 9.17) is 0 Å². The number of hydrogen-bond donors (Lipinski definition) is 2. The molecule has 2 nitrogen and oxygen atoms in total. The zero-order valence-electron chi connectivity index (χ0n) is 6.20. The highest BCUT2D eigenvalue weighted by Gasteiger charge is 2.15. The minimum absolute atomic E-state index is 0.497. The molecule has 0 aliphatic heterocycles. The molecule has 2 unspecified atom stereocenters. The van der Waals surface area contributed by atoms with Gasteiger partial charge < -0.3 is 10.2 Å². The van der Waals surface area contributed by atoms with Crippen LogP contribution in [-0.4, -0.2) is 22.4 Å². The molecule has 0 spiro atoms. The third kappa shape index (κ3) is 1.13. The zero-order valence-corrected chi connectivity index (χ0v) is 6.20. The highest BCUT2D eigenvalue weighted by Crippen LogP contribution is 2.18. The Morgan fingerprint density at radius 1 is 1.00 bits per heavy atom. The Bertz CT molecular complexity index is 171. The van der Waals surface area contributed by atoms with Crippen LogP contribution in [0.3, 0.4) is 0 Å². The van der Waals surface area contributed by atoms with Gasteiger partial charge in [0.1, 0.15) is 0 Å². The summed E-state index contributed by atoms with van der Waals surface area (Å²) in [7, 11) is 0. The second-order valence-electron chi connectivity index (χ2n) is 2.64. The molecule has 0 bridgehead atoms. The molecular weight excluding hydrogens is 128 g/mol. The van der Waals surface area contributed by atoms with Crippen molar-refractivity contribution in [1.82, 2.24) is 0 Å². The van der Waals surface area contributed by atoms with Crippen LogP contribution in [0.2, 0.25) is 0 Å². The van der Waals surface area contributed by atoms with Gasteiger partial charge in [0.05, 0.1) is 12.2 Å². The Balaban J connectivity index is 2.88. The summed E-state index contributed by atoms with van der Waals surface area (Å²) in [5, 5.41) is 18.4. The van der Waals surface area contributed by atoms with E-state index in [9.17, 15) is 10.2 Å². The maximum Gasteiger partial charge on any atom is 0.0933 e. The van der Waals surface area contributed by atoms with E-state index in [-0.39, 0.29) is 0 Å². The van der Waals surface area contributed by atoms with Crippen molar-refractivity contribution in [2.45, 2.75) is 26.1 Å². The Morgan fingerprint density at radius 3 is 1.60 bits per heavy atom. The lowest BCUT2D eigenvalue weighted by molar-refractivity contribution is 0.221. The van der Waals surface area contributed by atoms with Crippen molar-refractivity contribution in [2.24, 2.45) is 0 Å². The first-order chi connectivity index (χ1) is 4.63. The standard InChI is InChI=1S/C8H12O2/c1-5-6(2)8(10)4-3-7(5)9/h3-4,7-10H,1-2H3. The Hall–Kier alpha value is -0.600. The van der Waals surface area contributed by atoms with E-state index in [0.717, 1.165) is 11.1 Å². The van der Waals surface area contributed by atoms with Gasteiger partial charge in [0.25, 0.3) is 0 Å². The van der Waals surface area contributed by atoms with Crippen molar-refractivity contribution >= 4 is 0 Å². The van der Waals surface area contributed by atoms with Gasteiger partial charge in [-0.15, -0.1) is 0 Å². The SMILES string of the molecule is CC1=C(C)C(O)C=CC1O. The van der Waals surface area contributed by atoms with Crippen LogP contribution in [0.5, 0.6) is 0 Å². The lowest BCUT2D eigenvalue weighted by atomic mass is 9.95. The van der Waals surface area contributed by atoms with E-state index in [1.54, 1.807) is 12.2 Å². The van der Waals surface area contributed by atoms with Crippen LogP contribution in [-0.2, 0) is 0 Å². The summed E-state index contributed by atoms with van der Waals surface area (Å²) in [6, 6.07) is 0. The van der Waals surface area contributed by atoms with E-state index < -0.39 is 12.2 Å². The molecule has 1 rings (SSSR count). The number of aliphatic hydroxyl groups excluding tert-OH is 2. The van der Waals surface area contributed by atoms with Crippen LogP contribution in [0, 0.1) is 0 Å². The van der Waals surface area contributed by atoms with Crippen LogP contribution in [0.15, 0.2) is 23.3 Å². The molecule has 0 saturated heterocycles. The van der Waals surface area contributed by atoms with Gasteiger partial charge in [-0.25, -0.2) is 0 Å². The smallest absolute Gasteiger partial charge is 0.0933 e. The van der Waals surface area contributed by atoms with Crippen LogP contribution in [0.1, 0.15) is 13.8 Å². The topological polar surface area (TPSA) is 40.5 Å². The predicted octanol–water partition coefficient (Wildman–Crippen LogP) is 0.614. The van der Waals surface area contributed by atoms with Crippen molar-refractivity contribution in [1.29, 1.82) is 0 Å². The molecule has 0 saturated carbocycles. The Kier molecular flexibility index (Phi) is 1.92. The molecule has 0 aromatic rings. The maximum absolute atomic E-state index is 9.21. The Morgan fingerprint density at radius 2 is 1.30 bits per heavy atom. The average molecular weight is 140 g/mol. The lowest BCUT2D eigenvalue weighted by Gasteiger charge is -2.19. The molecule has 0 radical (unpaired) electrons. The first-order valence-electron chi connectivity index (χ1n) is 3.34. The van der Waals surface area contributed by atoms with E-state index in [1.807, 2.05) is 13.8 Å². The first kappa shape index (κ1) is 7.51. The molecule has 0 aromatic carbocycles. The quantitative estimate of drug-likeness (QED) is 0.484. The molecule has 0 aromatic heterocycles. The van der Waals surface area contributed by atoms with Crippen LogP contribution < -0.4 is 0 Å². The largest absolute Gasteiger partial charge is 0.385 e. The van der Waals surface area contributed by atoms with E-state index >= 15 is 0 Å². The summed E-state index contributed by atoms with van der Waals surface area (Å²) < 4.78 is 0. The lowest BCUT2D eigenvalue weighted by Crippen LogP contribution is -2.18. The van der Waals surface area contributed by atoms with Crippen molar-refractivity contribution in [3.05, 3.63) is 23.3 Å². The van der Waals surface area contributed by atoms with Crippen molar-refractivity contribution in [2.75, 3.05) is 0 Å². The summed E-state index contributed by atoms with van der Waals surface area (Å²) >= 11 is 0. The minimum atomic E-state index is -0.497. The molecule has 10 heavy (non-hydrogen) atoms. The van der Waals surface area contributed by atoms with Crippen LogP contribution in [0.25, 0.3) is 0 Å². The van der Waals surface area contributed by atoms with Gasteiger partial charge in [-0.1, -0.05) is 12.2 Å². The van der Waals surface area contributed by atoms with Crippen molar-refractivity contribution in [3.63, 3.8) is 0 Å². The van der Waals surface area contributed by atoms with E-state index in [2.05, 4.69) is 0 Å². The predicted molar refractivity (Wildman–Crippen MR) is 39.5 cm³/mol. The van der Waals surface area contributed by atoms with Gasteiger partial charge in [0.15, 0.2) is 0 Å². The number of hydrogen-bond acceptors (Lipinski definition) is 2. The van der Waals surface area contributed by atoms with Gasteiger partial charge in [-0.3, -0.25) is 0 Å². The summed E-state index contributed by atoms with van der Waals surface area (Å²) in [6.45, 7) is 3.65. The molecule has 2 N–H and O–H groups in total. The molecule has 2 atom stereocenters. The van der Waals surface area contributed by atoms with Gasteiger partial charge in [0.2, 0.25) is 0 Å². The normalized spacial score (nSPS) is 33.2. The number of rotatable bonds is 0. The fraction of sp³-hybridized carbons (Fsp3) is 0.500. The number of aliphatic hydroxyl groups is 2. The molecule has 0 heterocycles. The molecule has 56 valence electrons. The van der Waals surface area contributed by atoms with Gasteiger partial charge in [-0.2, -0.15) is 0 Å². The fourth-order valence-electron chi connectivity index (χ4n) is 0.966. The summed E-state index contributed by atoms with van der Waals surface area (Å²) in [6.07, 6.45) is 2.21. The summed E-state index contributed by atoms with van der Waals surface area (Å²) in [5.74, 6) is 0. The van der Waals surface area contributed by atoms with Crippen LogP contribution in [0.4, 0.5) is 0 Å². The third-order valence-corrected chi connectivity index (χ3v) is 1.99. The monoisotopic (exact) mass is 140 g/mol. The minimum Gasteiger partial charge on any atom is -0.385 e. The van der Waals surface area contributed by atoms with Crippen molar-refractivity contribution in [3.8, 4) is 0 Å². The van der Waals surface area contributed by atoms with Crippen molar-refractivity contribution < 1.29 is 10.2 Å². The maximum atomic E-state index is 9.21. The molecule has 0 fully saturated rings. The third-order valence-electron chi connectivity index (χ3n) is 1.99. The highest BCUT2D eigenvalue weighted by molar-refractivity contribution is 5.30. The highest BCUT2D eigenvalue weighted by atomic mass is 16.3.